The van der Waals surface area contributed by atoms with Gasteiger partial charge in [0.15, 0.2) is 0 Å². The van der Waals surface area contributed by atoms with Gasteiger partial charge in [0.25, 0.3) is 0 Å². The number of nitrogens with one attached hydrogen (secondary N) is 2. The zero-order valence-corrected chi connectivity index (χ0v) is 20.2. The summed E-state index contributed by atoms with van der Waals surface area (Å²) in [6.07, 6.45) is 3.93. The summed E-state index contributed by atoms with van der Waals surface area (Å²) in [4.78, 5) is 26.1. The van der Waals surface area contributed by atoms with Crippen molar-refractivity contribution in [3.63, 3.8) is 0 Å². The first-order chi connectivity index (χ1) is 17.6. The largest absolute Gasteiger partial charge is 0.456 e. The molecule has 0 radical (unpaired) electrons. The van der Waals surface area contributed by atoms with Crippen LogP contribution in [0.2, 0.25) is 5.15 Å². The Morgan fingerprint density at radius 3 is 2.81 bits per heavy atom. The average molecular weight is 502 g/mol. The molecule has 1 fully saturated rings. The molecule has 0 spiro atoms. The SMILES string of the molecule is O=c1cc(N2CCOCC2)cc(-c2cccc3c2Oc2ccc(NCc4cncc(Cl)n4)cc2C3)[nH]1. The van der Waals surface area contributed by atoms with E-state index in [1.807, 2.05) is 30.3 Å². The third-order valence-corrected chi connectivity index (χ3v) is 6.56. The van der Waals surface area contributed by atoms with E-state index in [1.165, 1.54) is 6.20 Å². The van der Waals surface area contributed by atoms with Crippen molar-refractivity contribution >= 4 is 23.0 Å². The van der Waals surface area contributed by atoms with Gasteiger partial charge < -0.3 is 24.7 Å². The molecule has 6 rings (SSSR count). The number of para-hydroxylation sites is 1. The number of hydrogen-bond acceptors (Lipinski definition) is 7. The van der Waals surface area contributed by atoms with E-state index in [-0.39, 0.29) is 5.56 Å². The van der Waals surface area contributed by atoms with E-state index in [2.05, 4.69) is 37.3 Å². The normalized spacial score (nSPS) is 14.5. The average Bonchev–Trinajstić information content (AvgIpc) is 2.90. The molecule has 0 unspecified atom stereocenters. The minimum atomic E-state index is -0.136. The molecular formula is C27H24ClN5O3. The van der Waals surface area contributed by atoms with Gasteiger partial charge in [0.1, 0.15) is 16.7 Å². The maximum Gasteiger partial charge on any atom is 0.250 e. The number of morpholine rings is 1. The summed E-state index contributed by atoms with van der Waals surface area (Å²) >= 11 is 5.94. The summed E-state index contributed by atoms with van der Waals surface area (Å²) in [6, 6.07) is 15.7. The minimum absolute atomic E-state index is 0.136. The lowest BCUT2D eigenvalue weighted by Crippen LogP contribution is -2.36. The van der Waals surface area contributed by atoms with Gasteiger partial charge in [-0.2, -0.15) is 0 Å². The van der Waals surface area contributed by atoms with Crippen LogP contribution >= 0.6 is 11.6 Å². The van der Waals surface area contributed by atoms with Gasteiger partial charge in [-0.25, -0.2) is 4.98 Å². The number of fused-ring (bicyclic) bond motifs is 2. The molecule has 4 aromatic rings. The molecule has 2 aromatic carbocycles. The first-order valence-corrected chi connectivity index (χ1v) is 12.2. The van der Waals surface area contributed by atoms with Gasteiger partial charge >= 0.3 is 0 Å². The van der Waals surface area contributed by atoms with Crippen molar-refractivity contribution in [2.75, 3.05) is 36.5 Å². The first kappa shape index (κ1) is 22.6. The van der Waals surface area contributed by atoms with E-state index in [0.717, 1.165) is 70.5 Å². The summed E-state index contributed by atoms with van der Waals surface area (Å²) < 4.78 is 11.9. The predicted molar refractivity (Wildman–Crippen MR) is 139 cm³/mol. The Morgan fingerprint density at radius 2 is 1.94 bits per heavy atom. The highest BCUT2D eigenvalue weighted by Gasteiger charge is 2.22. The quantitative estimate of drug-likeness (QED) is 0.362. The summed E-state index contributed by atoms with van der Waals surface area (Å²) in [5, 5.41) is 3.75. The molecule has 182 valence electrons. The minimum Gasteiger partial charge on any atom is -0.456 e. The molecule has 36 heavy (non-hydrogen) atoms. The van der Waals surface area contributed by atoms with Crippen LogP contribution in [0.25, 0.3) is 11.3 Å². The fourth-order valence-electron chi connectivity index (χ4n) is 4.63. The van der Waals surface area contributed by atoms with Crippen LogP contribution in [0, 0.1) is 0 Å². The summed E-state index contributed by atoms with van der Waals surface area (Å²) in [5.74, 6) is 1.57. The Kier molecular flexibility index (Phi) is 6.04. The second kappa shape index (κ2) is 9.64. The number of nitrogens with zero attached hydrogens (tertiary/aromatic N) is 3. The molecule has 0 aliphatic carbocycles. The molecule has 0 bridgehead atoms. The van der Waals surface area contributed by atoms with Crippen LogP contribution in [0.5, 0.6) is 11.5 Å². The van der Waals surface area contributed by atoms with Crippen molar-refractivity contribution in [1.82, 2.24) is 15.0 Å². The number of H-pyrrole nitrogens is 1. The van der Waals surface area contributed by atoms with Crippen molar-refractivity contribution in [3.8, 4) is 22.8 Å². The second-order valence-corrected chi connectivity index (χ2v) is 9.18. The van der Waals surface area contributed by atoms with Crippen LogP contribution < -0.4 is 20.5 Å². The number of halogens is 1. The first-order valence-electron chi connectivity index (χ1n) is 11.8. The van der Waals surface area contributed by atoms with Gasteiger partial charge in [-0.3, -0.25) is 9.78 Å². The molecule has 0 saturated carbocycles. The molecular weight excluding hydrogens is 478 g/mol. The molecule has 4 heterocycles. The molecule has 2 aliphatic rings. The lowest BCUT2D eigenvalue weighted by atomic mass is 9.96. The Bertz CT molecular complexity index is 1480. The van der Waals surface area contributed by atoms with Crippen molar-refractivity contribution in [2.24, 2.45) is 0 Å². The van der Waals surface area contributed by atoms with Crippen molar-refractivity contribution in [3.05, 3.63) is 93.3 Å². The second-order valence-electron chi connectivity index (χ2n) is 8.80. The molecule has 1 saturated heterocycles. The standard InChI is InChI=1S/C27H24ClN5O3/c28-25-16-29-14-20(31-25)15-30-19-4-5-24-18(11-19)10-17-2-1-3-22(27(17)36-24)23-12-21(13-26(34)32-23)33-6-8-35-9-7-33/h1-5,11-14,16,30H,6-10,15H2,(H,32,34). The summed E-state index contributed by atoms with van der Waals surface area (Å²) in [6.45, 7) is 3.36. The smallest absolute Gasteiger partial charge is 0.250 e. The summed E-state index contributed by atoms with van der Waals surface area (Å²) in [7, 11) is 0. The molecule has 0 atom stereocenters. The zero-order chi connectivity index (χ0) is 24.5. The number of aromatic nitrogens is 3. The van der Waals surface area contributed by atoms with Crippen molar-refractivity contribution in [1.29, 1.82) is 0 Å². The van der Waals surface area contributed by atoms with E-state index < -0.39 is 0 Å². The maximum atomic E-state index is 12.5. The van der Waals surface area contributed by atoms with Crippen LogP contribution in [0.3, 0.4) is 0 Å². The molecule has 2 aliphatic heterocycles. The fourth-order valence-corrected chi connectivity index (χ4v) is 4.80. The molecule has 8 nitrogen and oxygen atoms in total. The Morgan fingerprint density at radius 1 is 1.06 bits per heavy atom. The number of rotatable bonds is 5. The monoisotopic (exact) mass is 501 g/mol. The van der Waals surface area contributed by atoms with Gasteiger partial charge in [-0.15, -0.1) is 0 Å². The van der Waals surface area contributed by atoms with E-state index >= 15 is 0 Å². The van der Waals surface area contributed by atoms with Crippen LogP contribution in [0.15, 0.2) is 65.7 Å². The van der Waals surface area contributed by atoms with Crippen LogP contribution in [0.1, 0.15) is 16.8 Å². The van der Waals surface area contributed by atoms with Crippen molar-refractivity contribution < 1.29 is 9.47 Å². The number of aromatic amines is 1. The Labute approximate surface area is 212 Å². The Balaban J connectivity index is 1.26. The highest BCUT2D eigenvalue weighted by molar-refractivity contribution is 6.29. The van der Waals surface area contributed by atoms with Crippen LogP contribution in [-0.4, -0.2) is 41.3 Å². The number of ether oxygens (including phenoxy) is 2. The number of benzene rings is 2. The van der Waals surface area contributed by atoms with E-state index in [4.69, 9.17) is 21.1 Å². The van der Waals surface area contributed by atoms with Gasteiger partial charge in [0.2, 0.25) is 5.56 Å². The molecule has 0 amide bonds. The Hall–Kier alpha value is -3.88. The molecule has 2 N–H and O–H groups in total. The third-order valence-electron chi connectivity index (χ3n) is 6.37. The van der Waals surface area contributed by atoms with Gasteiger partial charge in [0, 0.05) is 48.1 Å². The van der Waals surface area contributed by atoms with E-state index in [0.29, 0.717) is 24.9 Å². The lowest BCUT2D eigenvalue weighted by Gasteiger charge is -2.29. The molecule has 9 heteroatoms. The van der Waals surface area contributed by atoms with Gasteiger partial charge in [-0.05, 0) is 35.9 Å². The predicted octanol–water partition coefficient (Wildman–Crippen LogP) is 4.63. The topological polar surface area (TPSA) is 92.4 Å². The molecule has 2 aromatic heterocycles. The fraction of sp³-hybridized carbons (Fsp3) is 0.222. The number of hydrogen-bond donors (Lipinski definition) is 2. The van der Waals surface area contributed by atoms with Crippen LogP contribution in [-0.2, 0) is 17.7 Å². The highest BCUT2D eigenvalue weighted by atomic mass is 35.5. The van der Waals surface area contributed by atoms with Crippen molar-refractivity contribution in [2.45, 2.75) is 13.0 Å². The maximum absolute atomic E-state index is 12.5. The zero-order valence-electron chi connectivity index (χ0n) is 19.5. The third kappa shape index (κ3) is 4.65. The van der Waals surface area contributed by atoms with E-state index in [1.54, 1.807) is 12.3 Å². The summed E-state index contributed by atoms with van der Waals surface area (Å²) in [5.41, 5.74) is 6.24. The van der Waals surface area contributed by atoms with Gasteiger partial charge in [0.05, 0.1) is 43.5 Å². The van der Waals surface area contributed by atoms with Crippen LogP contribution in [0.4, 0.5) is 11.4 Å². The number of anilines is 2. The lowest BCUT2D eigenvalue weighted by molar-refractivity contribution is 0.122. The highest BCUT2D eigenvalue weighted by Crippen LogP contribution is 2.43. The van der Waals surface area contributed by atoms with Gasteiger partial charge in [-0.1, -0.05) is 23.7 Å². The van der Waals surface area contributed by atoms with E-state index in [9.17, 15) is 4.79 Å². The number of pyridine rings is 1.